The maximum Gasteiger partial charge on any atom is 0.348 e. The molecule has 0 aliphatic carbocycles. The lowest BCUT2D eigenvalue weighted by atomic mass is 10.1. The van der Waals surface area contributed by atoms with E-state index in [0.717, 1.165) is 24.2 Å². The number of thiophene rings is 1. The molecule has 1 N–H and O–H groups in total. The zero-order valence-electron chi connectivity index (χ0n) is 11.9. The Labute approximate surface area is 138 Å². The molecular formula is C16H16ClNO3S. The molecular weight excluding hydrogens is 322 g/mol. The first-order chi connectivity index (χ1) is 10.6. The van der Waals surface area contributed by atoms with Gasteiger partial charge in [-0.05, 0) is 30.5 Å². The second kappa shape index (κ2) is 8.56. The summed E-state index contributed by atoms with van der Waals surface area (Å²) in [6.45, 7) is 0.274. The smallest absolute Gasteiger partial charge is 0.348 e. The highest BCUT2D eigenvalue weighted by atomic mass is 35.5. The lowest BCUT2D eigenvalue weighted by Crippen LogP contribution is -2.29. The summed E-state index contributed by atoms with van der Waals surface area (Å²) in [6.07, 6.45) is 1.73. The molecule has 22 heavy (non-hydrogen) atoms. The molecule has 0 atom stereocenters. The zero-order chi connectivity index (χ0) is 15.8. The van der Waals surface area contributed by atoms with Crippen molar-refractivity contribution in [1.82, 2.24) is 5.32 Å². The van der Waals surface area contributed by atoms with E-state index in [2.05, 4.69) is 17.4 Å². The largest absolute Gasteiger partial charge is 0.451 e. The van der Waals surface area contributed by atoms with Crippen LogP contribution in [0.4, 0.5) is 0 Å². The van der Waals surface area contributed by atoms with Crippen LogP contribution in [0, 0.1) is 0 Å². The number of aryl methyl sites for hydroxylation is 1. The monoisotopic (exact) mass is 337 g/mol. The Hall–Kier alpha value is -1.85. The highest BCUT2D eigenvalue weighted by molar-refractivity contribution is 7.17. The van der Waals surface area contributed by atoms with Crippen molar-refractivity contribution in [1.29, 1.82) is 0 Å². The van der Waals surface area contributed by atoms with Gasteiger partial charge < -0.3 is 10.1 Å². The third-order valence-electron chi connectivity index (χ3n) is 2.92. The van der Waals surface area contributed by atoms with Crippen molar-refractivity contribution in [2.45, 2.75) is 12.8 Å². The number of carbonyl (C=O) groups excluding carboxylic acids is 2. The third kappa shape index (κ3) is 5.50. The fourth-order valence-corrected chi connectivity index (χ4v) is 2.78. The Bertz CT molecular complexity index is 627. The summed E-state index contributed by atoms with van der Waals surface area (Å²) < 4.78 is 5.43. The van der Waals surface area contributed by atoms with E-state index in [1.54, 1.807) is 12.1 Å². The van der Waals surface area contributed by atoms with Gasteiger partial charge in [-0.25, -0.2) is 4.79 Å². The van der Waals surface area contributed by atoms with Crippen LogP contribution in [0.25, 0.3) is 0 Å². The Balaban J connectivity index is 1.61. The second-order valence-corrected chi connectivity index (χ2v) is 6.33. The molecule has 116 valence electrons. The molecule has 0 unspecified atom stereocenters. The summed E-state index contributed by atoms with van der Waals surface area (Å²) in [5.74, 6) is -0.833. The molecule has 0 aliphatic heterocycles. The van der Waals surface area contributed by atoms with Gasteiger partial charge in [-0.1, -0.05) is 41.9 Å². The topological polar surface area (TPSA) is 55.4 Å². The Morgan fingerprint density at radius 2 is 1.91 bits per heavy atom. The Morgan fingerprint density at radius 1 is 1.14 bits per heavy atom. The quantitative estimate of drug-likeness (QED) is 0.623. The normalized spacial score (nSPS) is 10.2. The van der Waals surface area contributed by atoms with Crippen molar-refractivity contribution in [3.63, 3.8) is 0 Å². The summed E-state index contributed by atoms with van der Waals surface area (Å²) >= 11 is 6.86. The molecule has 4 nitrogen and oxygen atoms in total. The highest BCUT2D eigenvalue weighted by Crippen LogP contribution is 2.21. The number of carbonyl (C=O) groups is 2. The fraction of sp³-hybridized carbons (Fsp3) is 0.250. The van der Waals surface area contributed by atoms with E-state index in [9.17, 15) is 9.59 Å². The van der Waals surface area contributed by atoms with E-state index in [1.165, 1.54) is 5.56 Å². The molecule has 0 fully saturated rings. The SMILES string of the molecule is O=C(COC(=O)c1ccc(Cl)s1)NCCCc1ccccc1. The van der Waals surface area contributed by atoms with E-state index in [-0.39, 0.29) is 12.5 Å². The fourth-order valence-electron chi connectivity index (χ4n) is 1.84. The minimum absolute atomic E-state index is 0.278. The molecule has 2 rings (SSSR count). The summed E-state index contributed by atoms with van der Waals surface area (Å²) in [5.41, 5.74) is 1.23. The van der Waals surface area contributed by atoms with E-state index in [1.807, 2.05) is 18.2 Å². The van der Waals surface area contributed by atoms with Gasteiger partial charge in [-0.3, -0.25) is 4.79 Å². The average molecular weight is 338 g/mol. The van der Waals surface area contributed by atoms with Crippen LogP contribution in [0.3, 0.4) is 0 Å². The molecule has 2 aromatic rings. The number of ether oxygens (including phenoxy) is 1. The summed E-state index contributed by atoms with van der Waals surface area (Å²) in [5, 5.41) is 2.73. The number of halogens is 1. The first-order valence-corrected chi connectivity index (χ1v) is 8.07. The average Bonchev–Trinajstić information content (AvgIpc) is 2.97. The van der Waals surface area contributed by atoms with Crippen molar-refractivity contribution in [2.75, 3.05) is 13.2 Å². The van der Waals surface area contributed by atoms with Gasteiger partial charge in [-0.2, -0.15) is 0 Å². The minimum Gasteiger partial charge on any atom is -0.451 e. The number of benzene rings is 1. The van der Waals surface area contributed by atoms with Gasteiger partial charge >= 0.3 is 5.97 Å². The minimum atomic E-state index is -0.531. The molecule has 1 aromatic carbocycles. The maximum atomic E-state index is 11.6. The number of rotatable bonds is 7. The molecule has 1 heterocycles. The van der Waals surface area contributed by atoms with Crippen LogP contribution < -0.4 is 5.32 Å². The molecule has 0 saturated carbocycles. The maximum absolute atomic E-state index is 11.6. The number of hydrogen-bond donors (Lipinski definition) is 1. The van der Waals surface area contributed by atoms with Gasteiger partial charge in [0.2, 0.25) is 0 Å². The van der Waals surface area contributed by atoms with Gasteiger partial charge in [0.25, 0.3) is 5.91 Å². The number of esters is 1. The van der Waals surface area contributed by atoms with Crippen LogP contribution in [0.15, 0.2) is 42.5 Å². The van der Waals surface area contributed by atoms with Gasteiger partial charge in [0.05, 0.1) is 4.34 Å². The summed E-state index contributed by atoms with van der Waals surface area (Å²) in [6, 6.07) is 13.2. The van der Waals surface area contributed by atoms with Gasteiger partial charge in [0, 0.05) is 6.54 Å². The van der Waals surface area contributed by atoms with Gasteiger partial charge in [0.1, 0.15) is 4.88 Å². The Morgan fingerprint density at radius 3 is 2.59 bits per heavy atom. The molecule has 0 bridgehead atoms. The molecule has 6 heteroatoms. The molecule has 0 saturated heterocycles. The van der Waals surface area contributed by atoms with Crippen LogP contribution in [-0.4, -0.2) is 25.0 Å². The van der Waals surface area contributed by atoms with Crippen LogP contribution >= 0.6 is 22.9 Å². The molecule has 0 radical (unpaired) electrons. The Kier molecular flexibility index (Phi) is 6.43. The van der Waals surface area contributed by atoms with Crippen LogP contribution in [0.1, 0.15) is 21.7 Å². The van der Waals surface area contributed by atoms with E-state index < -0.39 is 5.97 Å². The third-order valence-corrected chi connectivity index (χ3v) is 4.13. The van der Waals surface area contributed by atoms with E-state index >= 15 is 0 Å². The lowest BCUT2D eigenvalue weighted by Gasteiger charge is -2.06. The van der Waals surface area contributed by atoms with Gasteiger partial charge in [0.15, 0.2) is 6.61 Å². The van der Waals surface area contributed by atoms with Crippen molar-refractivity contribution >= 4 is 34.8 Å². The highest BCUT2D eigenvalue weighted by Gasteiger charge is 2.12. The van der Waals surface area contributed by atoms with Crippen LogP contribution in [0.5, 0.6) is 0 Å². The molecule has 0 spiro atoms. The summed E-state index contributed by atoms with van der Waals surface area (Å²) in [4.78, 5) is 23.6. The van der Waals surface area contributed by atoms with Gasteiger partial charge in [-0.15, -0.1) is 11.3 Å². The lowest BCUT2D eigenvalue weighted by molar-refractivity contribution is -0.124. The molecule has 1 aromatic heterocycles. The number of nitrogens with one attached hydrogen (secondary N) is 1. The van der Waals surface area contributed by atoms with E-state index in [4.69, 9.17) is 16.3 Å². The standard InChI is InChI=1S/C16H16ClNO3S/c17-14-9-8-13(22-14)16(20)21-11-15(19)18-10-4-7-12-5-2-1-3-6-12/h1-3,5-6,8-9H,4,7,10-11H2,(H,18,19). The van der Waals surface area contributed by atoms with Crippen molar-refractivity contribution in [3.05, 3.63) is 57.2 Å². The molecule has 1 amide bonds. The number of hydrogen-bond acceptors (Lipinski definition) is 4. The first-order valence-electron chi connectivity index (χ1n) is 6.88. The second-order valence-electron chi connectivity index (χ2n) is 4.62. The molecule has 0 aliphatic rings. The zero-order valence-corrected chi connectivity index (χ0v) is 13.5. The number of amides is 1. The summed E-state index contributed by atoms with van der Waals surface area (Å²) in [7, 11) is 0. The van der Waals surface area contributed by atoms with Crippen molar-refractivity contribution in [2.24, 2.45) is 0 Å². The predicted octanol–water partition coefficient (Wildman–Crippen LogP) is 3.31. The predicted molar refractivity (Wildman–Crippen MR) is 87.4 cm³/mol. The van der Waals surface area contributed by atoms with E-state index in [0.29, 0.717) is 15.8 Å². The van der Waals surface area contributed by atoms with Crippen molar-refractivity contribution in [3.8, 4) is 0 Å². The van der Waals surface area contributed by atoms with Crippen molar-refractivity contribution < 1.29 is 14.3 Å². The first kappa shape index (κ1) is 16.5. The van der Waals surface area contributed by atoms with Crippen LogP contribution in [-0.2, 0) is 16.0 Å². The van der Waals surface area contributed by atoms with Crippen LogP contribution in [0.2, 0.25) is 4.34 Å².